The first-order valence-electron chi connectivity index (χ1n) is 12.7. The summed E-state index contributed by atoms with van der Waals surface area (Å²) in [5, 5.41) is 3.94. The van der Waals surface area contributed by atoms with Crippen LogP contribution in [0.5, 0.6) is 0 Å². The zero-order valence-electron chi connectivity index (χ0n) is 21.3. The van der Waals surface area contributed by atoms with Gasteiger partial charge in [-0.3, -0.25) is 9.97 Å². The molecule has 0 N–H and O–H groups in total. The summed E-state index contributed by atoms with van der Waals surface area (Å²) in [6, 6.07) is 15.7. The monoisotopic (exact) mass is 476 g/mol. The SMILES string of the molecule is CC(C)Cc1cncc2c1CCc1sc3c(-c4cc(C(C)(C)C)c5ccccc5c4)nccc3c1-2. The van der Waals surface area contributed by atoms with Crippen LogP contribution in [0, 0.1) is 5.92 Å². The number of thiophene rings is 1. The number of pyridine rings is 2. The third kappa shape index (κ3) is 3.77. The summed E-state index contributed by atoms with van der Waals surface area (Å²) in [7, 11) is 0. The Morgan fingerprint density at radius 1 is 0.971 bits per heavy atom. The van der Waals surface area contributed by atoms with Gasteiger partial charge in [0.1, 0.15) is 0 Å². The van der Waals surface area contributed by atoms with E-state index < -0.39 is 0 Å². The fourth-order valence-electron chi connectivity index (χ4n) is 5.71. The molecule has 1 aliphatic carbocycles. The molecule has 0 saturated heterocycles. The van der Waals surface area contributed by atoms with Crippen molar-refractivity contribution >= 4 is 32.2 Å². The molecule has 0 saturated carbocycles. The van der Waals surface area contributed by atoms with Gasteiger partial charge < -0.3 is 0 Å². The zero-order valence-corrected chi connectivity index (χ0v) is 22.1. The lowest BCUT2D eigenvalue weighted by Crippen LogP contribution is -2.12. The van der Waals surface area contributed by atoms with E-state index in [0.717, 1.165) is 25.0 Å². The molecule has 0 spiro atoms. The minimum atomic E-state index is 0.0512. The Balaban J connectivity index is 1.58. The molecule has 2 nitrogen and oxygen atoms in total. The normalized spacial score (nSPS) is 13.4. The van der Waals surface area contributed by atoms with E-state index in [2.05, 4.69) is 94.5 Å². The molecule has 5 aromatic rings. The number of rotatable bonds is 3. The molecule has 35 heavy (non-hydrogen) atoms. The van der Waals surface area contributed by atoms with E-state index in [1.807, 2.05) is 17.5 Å². The van der Waals surface area contributed by atoms with Gasteiger partial charge in [-0.15, -0.1) is 11.3 Å². The third-order valence-corrected chi connectivity index (χ3v) is 8.54. The molecule has 0 amide bonds. The highest BCUT2D eigenvalue weighted by Gasteiger charge is 2.26. The predicted molar refractivity (Wildman–Crippen MR) is 150 cm³/mol. The second-order valence-electron chi connectivity index (χ2n) is 11.4. The third-order valence-electron chi connectivity index (χ3n) is 7.27. The van der Waals surface area contributed by atoms with Gasteiger partial charge in [-0.05, 0) is 76.3 Å². The van der Waals surface area contributed by atoms with Crippen LogP contribution in [-0.2, 0) is 24.7 Å². The molecule has 0 radical (unpaired) electrons. The number of hydrogen-bond donors (Lipinski definition) is 0. The largest absolute Gasteiger partial charge is 0.264 e. The maximum atomic E-state index is 4.96. The first-order valence-corrected chi connectivity index (χ1v) is 13.5. The van der Waals surface area contributed by atoms with Gasteiger partial charge in [0, 0.05) is 45.5 Å². The smallest absolute Gasteiger partial charge is 0.0880 e. The quantitative estimate of drug-likeness (QED) is 0.260. The average Bonchev–Trinajstić information content (AvgIpc) is 3.22. The lowest BCUT2D eigenvalue weighted by Gasteiger charge is -2.22. The van der Waals surface area contributed by atoms with E-state index in [0.29, 0.717) is 5.92 Å². The molecule has 3 heterocycles. The Bertz CT molecular complexity index is 1580. The Kier molecular flexibility index (Phi) is 5.30. The lowest BCUT2D eigenvalue weighted by molar-refractivity contribution is 0.596. The highest BCUT2D eigenvalue weighted by Crippen LogP contribution is 2.47. The summed E-state index contributed by atoms with van der Waals surface area (Å²) in [6.45, 7) is 11.5. The Labute approximate surface area is 212 Å². The molecule has 0 unspecified atom stereocenters. The molecule has 0 atom stereocenters. The van der Waals surface area contributed by atoms with E-state index in [1.54, 1.807) is 0 Å². The number of fused-ring (bicyclic) bond motifs is 6. The van der Waals surface area contributed by atoms with E-state index in [9.17, 15) is 0 Å². The number of nitrogens with zero attached hydrogens (tertiary/aromatic N) is 2. The van der Waals surface area contributed by atoms with Crippen molar-refractivity contribution in [3.8, 4) is 22.4 Å². The molecule has 2 aromatic carbocycles. The van der Waals surface area contributed by atoms with Crippen LogP contribution in [0.4, 0.5) is 0 Å². The van der Waals surface area contributed by atoms with Crippen molar-refractivity contribution in [3.63, 3.8) is 0 Å². The van der Waals surface area contributed by atoms with Crippen LogP contribution in [0.1, 0.15) is 56.2 Å². The Hall–Kier alpha value is -3.04. The van der Waals surface area contributed by atoms with Crippen molar-refractivity contribution in [2.24, 2.45) is 5.92 Å². The molecule has 6 rings (SSSR count). The Morgan fingerprint density at radius 2 is 1.80 bits per heavy atom. The molecular formula is C32H32N2S. The average molecular weight is 477 g/mol. The van der Waals surface area contributed by atoms with Crippen molar-refractivity contribution in [1.29, 1.82) is 0 Å². The predicted octanol–water partition coefficient (Wildman–Crippen LogP) is 8.77. The minimum Gasteiger partial charge on any atom is -0.264 e. The van der Waals surface area contributed by atoms with Crippen molar-refractivity contribution in [3.05, 3.63) is 82.6 Å². The van der Waals surface area contributed by atoms with Gasteiger partial charge in [-0.2, -0.15) is 0 Å². The molecule has 176 valence electrons. The van der Waals surface area contributed by atoms with Crippen LogP contribution in [-0.4, -0.2) is 9.97 Å². The standard InChI is InChI=1S/C32H32N2S/c1-19(2)14-22-17-33-18-26-23(22)10-11-28-29(26)25-12-13-34-30(31(25)35-28)21-15-20-8-6-7-9-24(20)27(16-21)32(3,4)5/h6-9,12-13,15-19H,10-11,14H2,1-5H3. The van der Waals surface area contributed by atoms with Crippen molar-refractivity contribution in [1.82, 2.24) is 9.97 Å². The number of hydrogen-bond acceptors (Lipinski definition) is 3. The number of aromatic nitrogens is 2. The maximum absolute atomic E-state index is 4.96. The zero-order chi connectivity index (χ0) is 24.3. The van der Waals surface area contributed by atoms with Crippen LogP contribution in [0.3, 0.4) is 0 Å². The van der Waals surface area contributed by atoms with Crippen LogP contribution in [0.15, 0.2) is 61.1 Å². The molecule has 1 aliphatic rings. The van der Waals surface area contributed by atoms with Crippen LogP contribution in [0.2, 0.25) is 0 Å². The first-order chi connectivity index (χ1) is 16.8. The summed E-state index contributed by atoms with van der Waals surface area (Å²) in [6.07, 6.45) is 9.47. The fraction of sp³-hybridized carbons (Fsp3) is 0.312. The summed E-state index contributed by atoms with van der Waals surface area (Å²) in [5.74, 6) is 0.629. The second kappa shape index (κ2) is 8.27. The minimum absolute atomic E-state index is 0.0512. The van der Waals surface area contributed by atoms with E-state index >= 15 is 0 Å². The molecule has 3 aromatic heterocycles. The van der Waals surface area contributed by atoms with Crippen LogP contribution in [0.25, 0.3) is 43.2 Å². The molecule has 3 heteroatoms. The van der Waals surface area contributed by atoms with E-state index in [1.165, 1.54) is 59.1 Å². The van der Waals surface area contributed by atoms with Crippen molar-refractivity contribution in [2.45, 2.75) is 59.3 Å². The fourth-order valence-corrected chi connectivity index (χ4v) is 7.03. The van der Waals surface area contributed by atoms with Crippen molar-refractivity contribution < 1.29 is 0 Å². The maximum Gasteiger partial charge on any atom is 0.0880 e. The number of aryl methyl sites for hydroxylation is 1. The molecular weight excluding hydrogens is 444 g/mol. The summed E-state index contributed by atoms with van der Waals surface area (Å²) in [5.41, 5.74) is 9.39. The summed E-state index contributed by atoms with van der Waals surface area (Å²) < 4.78 is 1.30. The Morgan fingerprint density at radius 3 is 2.60 bits per heavy atom. The molecule has 0 bridgehead atoms. The van der Waals surface area contributed by atoms with E-state index in [-0.39, 0.29) is 5.41 Å². The van der Waals surface area contributed by atoms with E-state index in [4.69, 9.17) is 4.98 Å². The van der Waals surface area contributed by atoms with Gasteiger partial charge in [0.15, 0.2) is 0 Å². The van der Waals surface area contributed by atoms with Gasteiger partial charge in [0.05, 0.1) is 10.4 Å². The summed E-state index contributed by atoms with van der Waals surface area (Å²) >= 11 is 1.93. The lowest BCUT2D eigenvalue weighted by atomic mass is 9.82. The van der Waals surface area contributed by atoms with Gasteiger partial charge in [-0.25, -0.2) is 0 Å². The topological polar surface area (TPSA) is 25.8 Å². The number of benzene rings is 2. The van der Waals surface area contributed by atoms with Gasteiger partial charge in [0.25, 0.3) is 0 Å². The van der Waals surface area contributed by atoms with Crippen molar-refractivity contribution in [2.75, 3.05) is 0 Å². The highest BCUT2D eigenvalue weighted by molar-refractivity contribution is 7.20. The van der Waals surface area contributed by atoms with Crippen LogP contribution >= 0.6 is 11.3 Å². The van der Waals surface area contributed by atoms with Gasteiger partial charge in [-0.1, -0.05) is 58.9 Å². The first kappa shape index (κ1) is 22.4. The second-order valence-corrected chi connectivity index (χ2v) is 12.5. The summed E-state index contributed by atoms with van der Waals surface area (Å²) in [4.78, 5) is 11.1. The van der Waals surface area contributed by atoms with Gasteiger partial charge in [0.2, 0.25) is 0 Å². The van der Waals surface area contributed by atoms with Gasteiger partial charge >= 0.3 is 0 Å². The molecule has 0 fully saturated rings. The highest BCUT2D eigenvalue weighted by atomic mass is 32.1. The van der Waals surface area contributed by atoms with Crippen LogP contribution < -0.4 is 0 Å². The molecule has 0 aliphatic heterocycles.